The number of nitrogens with zero attached hydrogens (tertiary/aromatic N) is 2. The van der Waals surface area contributed by atoms with Gasteiger partial charge in [-0.1, -0.05) is 18.2 Å². The summed E-state index contributed by atoms with van der Waals surface area (Å²) in [5.41, 5.74) is 8.45. The molecule has 4 heteroatoms. The Morgan fingerprint density at radius 3 is 2.76 bits per heavy atom. The first-order valence-corrected chi connectivity index (χ1v) is 7.91. The third kappa shape index (κ3) is 2.77. The highest BCUT2D eigenvalue weighted by atomic mass is 16.2. The molecule has 2 aliphatic rings. The SMILES string of the molecule is CC1CN(C)c2ccccc2CN1C(=O)C1CCC(N)C1. The van der Waals surface area contributed by atoms with Gasteiger partial charge in [-0.25, -0.2) is 0 Å². The highest BCUT2D eigenvalue weighted by molar-refractivity contribution is 5.80. The van der Waals surface area contributed by atoms with Crippen molar-refractivity contribution in [3.63, 3.8) is 0 Å². The maximum absolute atomic E-state index is 12.9. The van der Waals surface area contributed by atoms with Gasteiger partial charge in [0.15, 0.2) is 0 Å². The van der Waals surface area contributed by atoms with E-state index in [9.17, 15) is 4.79 Å². The van der Waals surface area contributed by atoms with Gasteiger partial charge in [-0.2, -0.15) is 0 Å². The zero-order valence-corrected chi connectivity index (χ0v) is 13.0. The lowest BCUT2D eigenvalue weighted by atomic mass is 10.0. The average molecular weight is 287 g/mol. The minimum Gasteiger partial charge on any atom is -0.372 e. The van der Waals surface area contributed by atoms with Crippen LogP contribution in [0.4, 0.5) is 5.69 Å². The first kappa shape index (κ1) is 14.4. The van der Waals surface area contributed by atoms with E-state index in [0.29, 0.717) is 12.5 Å². The molecule has 114 valence electrons. The van der Waals surface area contributed by atoms with E-state index in [1.807, 2.05) is 0 Å². The maximum atomic E-state index is 12.9. The number of benzene rings is 1. The van der Waals surface area contributed by atoms with E-state index in [1.54, 1.807) is 0 Å². The number of likely N-dealkylation sites (N-methyl/N-ethyl adjacent to an activating group) is 1. The third-order valence-corrected chi connectivity index (χ3v) is 4.92. The van der Waals surface area contributed by atoms with E-state index in [-0.39, 0.29) is 18.0 Å². The topological polar surface area (TPSA) is 49.6 Å². The van der Waals surface area contributed by atoms with E-state index in [4.69, 9.17) is 5.73 Å². The molecule has 0 bridgehead atoms. The minimum atomic E-state index is 0.123. The second-order valence-electron chi connectivity index (χ2n) is 6.59. The number of hydrogen-bond acceptors (Lipinski definition) is 3. The van der Waals surface area contributed by atoms with E-state index >= 15 is 0 Å². The Labute approximate surface area is 126 Å². The van der Waals surface area contributed by atoms with Gasteiger partial charge in [0.2, 0.25) is 5.91 Å². The first-order valence-electron chi connectivity index (χ1n) is 7.91. The Morgan fingerprint density at radius 2 is 2.05 bits per heavy atom. The predicted molar refractivity (Wildman–Crippen MR) is 85.0 cm³/mol. The number of nitrogens with two attached hydrogens (primary N) is 1. The standard InChI is InChI=1S/C17H25N3O/c1-12-10-19(2)16-6-4-3-5-14(16)11-20(12)17(21)13-7-8-15(18)9-13/h3-6,12-13,15H,7-11,18H2,1-2H3. The van der Waals surface area contributed by atoms with Crippen LogP contribution in [0.25, 0.3) is 0 Å². The van der Waals surface area contributed by atoms with Gasteiger partial charge in [-0.15, -0.1) is 0 Å². The van der Waals surface area contributed by atoms with Crippen molar-refractivity contribution in [3.05, 3.63) is 29.8 Å². The summed E-state index contributed by atoms with van der Waals surface area (Å²) in [5.74, 6) is 0.415. The van der Waals surface area contributed by atoms with Crippen molar-refractivity contribution in [3.8, 4) is 0 Å². The van der Waals surface area contributed by atoms with Crippen molar-refractivity contribution < 1.29 is 4.79 Å². The quantitative estimate of drug-likeness (QED) is 0.859. The monoisotopic (exact) mass is 287 g/mol. The molecule has 1 heterocycles. The number of fused-ring (bicyclic) bond motifs is 1. The fraction of sp³-hybridized carbons (Fsp3) is 0.588. The summed E-state index contributed by atoms with van der Waals surface area (Å²) < 4.78 is 0. The third-order valence-electron chi connectivity index (χ3n) is 4.92. The molecule has 1 fully saturated rings. The summed E-state index contributed by atoms with van der Waals surface area (Å²) in [7, 11) is 2.11. The molecule has 3 unspecified atom stereocenters. The molecule has 1 amide bonds. The van der Waals surface area contributed by atoms with E-state index in [1.165, 1.54) is 11.3 Å². The van der Waals surface area contributed by atoms with Crippen LogP contribution in [-0.2, 0) is 11.3 Å². The molecule has 1 aliphatic carbocycles. The van der Waals surface area contributed by atoms with Crippen LogP contribution < -0.4 is 10.6 Å². The summed E-state index contributed by atoms with van der Waals surface area (Å²) in [6, 6.07) is 8.82. The van der Waals surface area contributed by atoms with Gasteiger partial charge >= 0.3 is 0 Å². The summed E-state index contributed by atoms with van der Waals surface area (Å²) in [6.45, 7) is 3.74. The van der Waals surface area contributed by atoms with Gasteiger partial charge in [0.1, 0.15) is 0 Å². The smallest absolute Gasteiger partial charge is 0.226 e. The van der Waals surface area contributed by atoms with Crippen molar-refractivity contribution in [2.75, 3.05) is 18.5 Å². The zero-order chi connectivity index (χ0) is 15.0. The van der Waals surface area contributed by atoms with Crippen LogP contribution in [-0.4, -0.2) is 36.5 Å². The number of para-hydroxylation sites is 1. The molecule has 21 heavy (non-hydrogen) atoms. The van der Waals surface area contributed by atoms with Crippen LogP contribution in [0.3, 0.4) is 0 Å². The number of hydrogen-bond donors (Lipinski definition) is 1. The molecule has 0 spiro atoms. The molecular weight excluding hydrogens is 262 g/mol. The van der Waals surface area contributed by atoms with Crippen LogP contribution in [0.1, 0.15) is 31.7 Å². The summed E-state index contributed by atoms with van der Waals surface area (Å²) >= 11 is 0. The Hall–Kier alpha value is -1.55. The van der Waals surface area contributed by atoms with Crippen LogP contribution >= 0.6 is 0 Å². The minimum absolute atomic E-state index is 0.123. The molecular formula is C17H25N3O. The fourth-order valence-corrected chi connectivity index (χ4v) is 3.72. The Kier molecular flexibility index (Phi) is 3.89. The number of rotatable bonds is 1. The van der Waals surface area contributed by atoms with E-state index in [2.05, 4.69) is 48.0 Å². The normalized spacial score (nSPS) is 29.2. The molecule has 1 aliphatic heterocycles. The largest absolute Gasteiger partial charge is 0.372 e. The van der Waals surface area contributed by atoms with Gasteiger partial charge in [0.25, 0.3) is 0 Å². The summed E-state index contributed by atoms with van der Waals surface area (Å²) in [6.07, 6.45) is 2.77. The van der Waals surface area contributed by atoms with Crippen LogP contribution in [0.2, 0.25) is 0 Å². The maximum Gasteiger partial charge on any atom is 0.226 e. The lowest BCUT2D eigenvalue weighted by Crippen LogP contribution is -2.44. The highest BCUT2D eigenvalue weighted by Gasteiger charge is 2.34. The van der Waals surface area contributed by atoms with Gasteiger partial charge in [0.05, 0.1) is 0 Å². The number of carbonyl (C=O) groups is 1. The van der Waals surface area contributed by atoms with Crippen molar-refractivity contribution in [2.24, 2.45) is 11.7 Å². The van der Waals surface area contributed by atoms with Crippen LogP contribution in [0.15, 0.2) is 24.3 Å². The Bertz CT molecular complexity index is 531. The van der Waals surface area contributed by atoms with Crippen molar-refractivity contribution in [1.82, 2.24) is 4.90 Å². The van der Waals surface area contributed by atoms with Gasteiger partial charge in [-0.3, -0.25) is 4.79 Å². The molecule has 1 aromatic rings. The first-order chi connectivity index (χ1) is 10.1. The van der Waals surface area contributed by atoms with Gasteiger partial charge < -0.3 is 15.5 Å². The van der Waals surface area contributed by atoms with Crippen LogP contribution in [0, 0.1) is 5.92 Å². The average Bonchev–Trinajstić information content (AvgIpc) is 2.85. The van der Waals surface area contributed by atoms with Crippen LogP contribution in [0.5, 0.6) is 0 Å². The van der Waals surface area contributed by atoms with Crippen molar-refractivity contribution >= 4 is 11.6 Å². The second kappa shape index (κ2) is 5.68. The summed E-state index contributed by atoms with van der Waals surface area (Å²) in [4.78, 5) is 17.2. The lowest BCUT2D eigenvalue weighted by molar-refractivity contribution is -0.137. The Balaban J connectivity index is 1.84. The number of carbonyl (C=O) groups excluding carboxylic acids is 1. The lowest BCUT2D eigenvalue weighted by Gasteiger charge is -2.30. The Morgan fingerprint density at radius 1 is 1.29 bits per heavy atom. The molecule has 0 radical (unpaired) electrons. The van der Waals surface area contributed by atoms with Crippen molar-refractivity contribution in [2.45, 2.75) is 44.8 Å². The van der Waals surface area contributed by atoms with Gasteiger partial charge in [0, 0.05) is 43.8 Å². The zero-order valence-electron chi connectivity index (χ0n) is 13.0. The molecule has 3 rings (SSSR count). The molecule has 4 nitrogen and oxygen atoms in total. The van der Waals surface area contributed by atoms with Crippen molar-refractivity contribution in [1.29, 1.82) is 0 Å². The molecule has 1 saturated carbocycles. The molecule has 3 atom stereocenters. The number of amides is 1. The van der Waals surface area contributed by atoms with Gasteiger partial charge in [-0.05, 0) is 37.8 Å². The molecule has 0 saturated heterocycles. The van der Waals surface area contributed by atoms with E-state index in [0.717, 1.165) is 25.8 Å². The molecule has 2 N–H and O–H groups in total. The predicted octanol–water partition coefficient (Wildman–Crippen LogP) is 1.98. The van der Waals surface area contributed by atoms with E-state index < -0.39 is 0 Å². The number of anilines is 1. The molecule has 1 aromatic carbocycles. The highest BCUT2D eigenvalue weighted by Crippen LogP contribution is 2.31. The fourth-order valence-electron chi connectivity index (χ4n) is 3.72. The summed E-state index contributed by atoms with van der Waals surface area (Å²) in [5, 5.41) is 0. The molecule has 0 aromatic heterocycles. The second-order valence-corrected chi connectivity index (χ2v) is 6.59.